The summed E-state index contributed by atoms with van der Waals surface area (Å²) in [7, 11) is 2.05. The maximum Gasteiger partial charge on any atom is 0.0391 e. The maximum atomic E-state index is 3.55. The lowest BCUT2D eigenvalue weighted by Gasteiger charge is -2.12. The summed E-state index contributed by atoms with van der Waals surface area (Å²) in [5.74, 6) is 0. The Morgan fingerprint density at radius 2 is 2.25 bits per heavy atom. The largest absolute Gasteiger partial charge is 0.357 e. The Balaban J connectivity index is 1.93. The van der Waals surface area contributed by atoms with Gasteiger partial charge in [-0.15, -0.1) is 11.3 Å². The lowest BCUT2D eigenvalue weighted by atomic mass is 10.2. The number of nitrogens with one attached hydrogen (secondary N) is 1. The van der Waals surface area contributed by atoms with E-state index < -0.39 is 0 Å². The van der Waals surface area contributed by atoms with E-state index in [0.717, 1.165) is 6.54 Å². The molecule has 1 unspecified atom stereocenters. The number of thiophene rings is 1. The van der Waals surface area contributed by atoms with E-state index in [1.165, 1.54) is 16.0 Å². The molecule has 86 valence electrons. The lowest BCUT2D eigenvalue weighted by molar-refractivity contribution is 0.580. The summed E-state index contributed by atoms with van der Waals surface area (Å²) in [6.45, 7) is 5.33. The first-order valence-electron chi connectivity index (χ1n) is 5.55. The van der Waals surface area contributed by atoms with Gasteiger partial charge in [-0.1, -0.05) is 0 Å². The molecule has 16 heavy (non-hydrogen) atoms. The van der Waals surface area contributed by atoms with Gasteiger partial charge in [0.15, 0.2) is 0 Å². The molecule has 0 saturated carbocycles. The van der Waals surface area contributed by atoms with Crippen molar-refractivity contribution < 1.29 is 0 Å². The van der Waals surface area contributed by atoms with Gasteiger partial charge in [-0.05, 0) is 42.5 Å². The van der Waals surface area contributed by atoms with Crippen LogP contribution in [0.1, 0.15) is 29.0 Å². The lowest BCUT2D eigenvalue weighted by Crippen LogP contribution is -2.17. The van der Waals surface area contributed by atoms with E-state index in [2.05, 4.69) is 60.7 Å². The van der Waals surface area contributed by atoms with Crippen LogP contribution in [0.5, 0.6) is 0 Å². The molecule has 3 heteroatoms. The van der Waals surface area contributed by atoms with Gasteiger partial charge in [-0.2, -0.15) is 0 Å². The van der Waals surface area contributed by atoms with Crippen LogP contribution in [-0.2, 0) is 13.6 Å². The highest BCUT2D eigenvalue weighted by atomic mass is 32.1. The van der Waals surface area contributed by atoms with Crippen LogP contribution in [0.4, 0.5) is 0 Å². The molecule has 2 aromatic heterocycles. The molecule has 0 bridgehead atoms. The Morgan fingerprint density at radius 1 is 1.44 bits per heavy atom. The van der Waals surface area contributed by atoms with Crippen molar-refractivity contribution in [2.75, 3.05) is 0 Å². The van der Waals surface area contributed by atoms with Crippen molar-refractivity contribution in [2.45, 2.75) is 26.4 Å². The molecule has 0 aromatic carbocycles. The van der Waals surface area contributed by atoms with Crippen LogP contribution in [0.15, 0.2) is 29.9 Å². The summed E-state index contributed by atoms with van der Waals surface area (Å²) in [5, 5.41) is 5.71. The number of nitrogens with zero attached hydrogens (tertiary/aromatic N) is 1. The molecule has 1 N–H and O–H groups in total. The fraction of sp³-hybridized carbons (Fsp3) is 0.385. The zero-order chi connectivity index (χ0) is 11.5. The van der Waals surface area contributed by atoms with Crippen molar-refractivity contribution in [3.8, 4) is 0 Å². The average Bonchev–Trinajstić information content (AvgIpc) is 2.84. The van der Waals surface area contributed by atoms with Crippen LogP contribution in [0.25, 0.3) is 0 Å². The van der Waals surface area contributed by atoms with Gasteiger partial charge in [0.2, 0.25) is 0 Å². The van der Waals surface area contributed by atoms with Crippen molar-refractivity contribution >= 4 is 11.3 Å². The Kier molecular flexibility index (Phi) is 3.46. The molecule has 2 nitrogen and oxygen atoms in total. The Labute approximate surface area is 101 Å². The summed E-state index contributed by atoms with van der Waals surface area (Å²) in [6, 6.07) is 4.77. The summed E-state index contributed by atoms with van der Waals surface area (Å²) in [6.07, 6.45) is 4.24. The number of hydrogen-bond donors (Lipinski definition) is 1. The molecule has 2 rings (SSSR count). The normalized spacial score (nSPS) is 12.9. The van der Waals surface area contributed by atoms with Crippen molar-refractivity contribution in [1.82, 2.24) is 9.88 Å². The van der Waals surface area contributed by atoms with Gasteiger partial charge in [0.1, 0.15) is 0 Å². The highest BCUT2D eigenvalue weighted by Crippen LogP contribution is 2.23. The van der Waals surface area contributed by atoms with Crippen molar-refractivity contribution in [3.63, 3.8) is 0 Å². The van der Waals surface area contributed by atoms with Crippen LogP contribution < -0.4 is 5.32 Å². The highest BCUT2D eigenvalue weighted by molar-refractivity contribution is 7.10. The average molecular weight is 234 g/mol. The van der Waals surface area contributed by atoms with Crippen molar-refractivity contribution in [3.05, 3.63) is 45.9 Å². The minimum atomic E-state index is 0.431. The van der Waals surface area contributed by atoms with Crippen LogP contribution in [-0.4, -0.2) is 4.57 Å². The number of rotatable bonds is 4. The van der Waals surface area contributed by atoms with Crippen LogP contribution in [0, 0.1) is 6.92 Å². The SMILES string of the molecule is Cc1ccsc1C(C)NCc1ccn(C)c1. The van der Waals surface area contributed by atoms with Gasteiger partial charge >= 0.3 is 0 Å². The second-order valence-electron chi connectivity index (χ2n) is 4.26. The highest BCUT2D eigenvalue weighted by Gasteiger charge is 2.08. The molecule has 0 saturated heterocycles. The van der Waals surface area contributed by atoms with Gasteiger partial charge in [0.25, 0.3) is 0 Å². The number of aryl methyl sites for hydroxylation is 2. The van der Waals surface area contributed by atoms with E-state index >= 15 is 0 Å². The number of aromatic nitrogens is 1. The molecular formula is C13H18N2S. The monoisotopic (exact) mass is 234 g/mol. The van der Waals surface area contributed by atoms with Crippen molar-refractivity contribution in [2.24, 2.45) is 7.05 Å². The molecule has 0 fully saturated rings. The van der Waals surface area contributed by atoms with Gasteiger partial charge in [0.05, 0.1) is 0 Å². The first-order chi connectivity index (χ1) is 7.66. The number of hydrogen-bond acceptors (Lipinski definition) is 2. The molecular weight excluding hydrogens is 216 g/mol. The van der Waals surface area contributed by atoms with Crippen LogP contribution in [0.3, 0.4) is 0 Å². The topological polar surface area (TPSA) is 17.0 Å². The minimum Gasteiger partial charge on any atom is -0.357 e. The maximum absolute atomic E-state index is 3.55. The molecule has 0 aliphatic rings. The standard InChI is InChI=1S/C13H18N2S/c1-10-5-7-16-13(10)11(2)14-8-12-4-6-15(3)9-12/h4-7,9,11,14H,8H2,1-3H3. The molecule has 0 aliphatic heterocycles. The molecule has 2 heterocycles. The minimum absolute atomic E-state index is 0.431. The van der Waals surface area contributed by atoms with E-state index in [1.807, 2.05) is 11.3 Å². The van der Waals surface area contributed by atoms with E-state index in [0.29, 0.717) is 6.04 Å². The first kappa shape index (κ1) is 11.4. The summed E-state index contributed by atoms with van der Waals surface area (Å²) < 4.78 is 2.08. The van der Waals surface area contributed by atoms with Gasteiger partial charge in [-0.3, -0.25) is 0 Å². The zero-order valence-corrected chi connectivity index (χ0v) is 10.8. The van der Waals surface area contributed by atoms with E-state index in [-0.39, 0.29) is 0 Å². The van der Waals surface area contributed by atoms with Gasteiger partial charge in [-0.25, -0.2) is 0 Å². The summed E-state index contributed by atoms with van der Waals surface area (Å²) in [4.78, 5) is 1.44. The smallest absolute Gasteiger partial charge is 0.0391 e. The fourth-order valence-corrected chi connectivity index (χ4v) is 2.82. The van der Waals surface area contributed by atoms with Gasteiger partial charge < -0.3 is 9.88 Å². The summed E-state index contributed by atoms with van der Waals surface area (Å²) >= 11 is 1.83. The zero-order valence-electron chi connectivity index (χ0n) is 10.0. The predicted molar refractivity (Wildman–Crippen MR) is 69.7 cm³/mol. The van der Waals surface area contributed by atoms with E-state index in [4.69, 9.17) is 0 Å². The molecule has 0 aliphatic carbocycles. The van der Waals surface area contributed by atoms with Crippen molar-refractivity contribution in [1.29, 1.82) is 0 Å². The summed E-state index contributed by atoms with van der Waals surface area (Å²) in [5.41, 5.74) is 2.72. The molecule has 2 aromatic rings. The van der Waals surface area contributed by atoms with E-state index in [1.54, 1.807) is 0 Å². The fourth-order valence-electron chi connectivity index (χ4n) is 1.86. The predicted octanol–water partition coefficient (Wildman–Crippen LogP) is 3.25. The third-order valence-corrected chi connectivity index (χ3v) is 4.00. The van der Waals surface area contributed by atoms with Crippen LogP contribution >= 0.6 is 11.3 Å². The third kappa shape index (κ3) is 2.54. The molecule has 0 spiro atoms. The third-order valence-electron chi connectivity index (χ3n) is 2.80. The first-order valence-corrected chi connectivity index (χ1v) is 6.43. The molecule has 0 radical (unpaired) electrons. The molecule has 0 amide bonds. The van der Waals surface area contributed by atoms with Crippen LogP contribution in [0.2, 0.25) is 0 Å². The second-order valence-corrected chi connectivity index (χ2v) is 5.20. The molecule has 1 atom stereocenters. The Bertz CT molecular complexity index is 456. The van der Waals surface area contributed by atoms with Gasteiger partial charge in [0, 0.05) is 36.9 Å². The second kappa shape index (κ2) is 4.85. The Morgan fingerprint density at radius 3 is 2.81 bits per heavy atom. The quantitative estimate of drug-likeness (QED) is 0.859. The van der Waals surface area contributed by atoms with E-state index in [9.17, 15) is 0 Å². The Hall–Kier alpha value is -1.06.